The van der Waals surface area contributed by atoms with E-state index in [0.29, 0.717) is 22.6 Å². The molecule has 0 aromatic heterocycles. The zero-order valence-electron chi connectivity index (χ0n) is 23.6. The Morgan fingerprint density at radius 3 is 2.36 bits per heavy atom. The molecule has 4 unspecified atom stereocenters. The van der Waals surface area contributed by atoms with E-state index in [0.717, 1.165) is 28.0 Å². The highest BCUT2D eigenvalue weighted by atomic mass is 16.5. The maximum Gasteiger partial charge on any atom is 0.238 e. The minimum atomic E-state index is -1.35. The smallest absolute Gasteiger partial charge is 0.238 e. The molecule has 6 heteroatoms. The quantitative estimate of drug-likeness (QED) is 0.295. The largest absolute Gasteiger partial charge is 0.497 e. The van der Waals surface area contributed by atoms with Crippen LogP contribution in [0.3, 0.4) is 0 Å². The number of ketones is 2. The summed E-state index contributed by atoms with van der Waals surface area (Å²) in [6, 6.07) is 28.2. The van der Waals surface area contributed by atoms with Gasteiger partial charge in [-0.3, -0.25) is 14.4 Å². The lowest BCUT2D eigenvalue weighted by Gasteiger charge is -2.39. The summed E-state index contributed by atoms with van der Waals surface area (Å²) in [4.78, 5) is 46.2. The Kier molecular flexibility index (Phi) is 5.91. The number of allylic oxidation sites excluding steroid dienone is 1. The van der Waals surface area contributed by atoms with Crippen molar-refractivity contribution in [1.82, 2.24) is 0 Å². The summed E-state index contributed by atoms with van der Waals surface area (Å²) in [5.74, 6) is -1.24. The van der Waals surface area contributed by atoms with Gasteiger partial charge in [-0.2, -0.15) is 0 Å². The highest BCUT2D eigenvalue weighted by Gasteiger charge is 2.70. The van der Waals surface area contributed by atoms with Crippen LogP contribution >= 0.6 is 0 Å². The summed E-state index contributed by atoms with van der Waals surface area (Å²) in [6.45, 7) is 4.07. The zero-order valence-corrected chi connectivity index (χ0v) is 23.6. The molecule has 208 valence electrons. The molecule has 1 spiro atoms. The molecule has 7 rings (SSSR count). The Morgan fingerprint density at radius 1 is 0.833 bits per heavy atom. The van der Waals surface area contributed by atoms with Gasteiger partial charge in [0.2, 0.25) is 5.91 Å². The molecule has 3 heterocycles. The van der Waals surface area contributed by atoms with Crippen molar-refractivity contribution in [2.24, 2.45) is 5.92 Å². The number of nitrogens with zero attached hydrogens (tertiary/aromatic N) is 1. The van der Waals surface area contributed by atoms with E-state index >= 15 is 0 Å². The average Bonchev–Trinajstić information content (AvgIpc) is 3.49. The van der Waals surface area contributed by atoms with E-state index in [1.165, 1.54) is 0 Å². The molecule has 42 heavy (non-hydrogen) atoms. The van der Waals surface area contributed by atoms with Gasteiger partial charge < -0.3 is 15.0 Å². The number of hydrogen-bond donors (Lipinski definition) is 1. The fourth-order valence-electron chi connectivity index (χ4n) is 7.28. The molecular formula is C36H30N2O4. The van der Waals surface area contributed by atoms with Gasteiger partial charge in [-0.05, 0) is 55.3 Å². The number of rotatable bonds is 5. The molecule has 3 aliphatic heterocycles. The number of carbonyl (C=O) groups excluding carboxylic acids is 3. The molecule has 0 radical (unpaired) electrons. The zero-order chi connectivity index (χ0) is 29.2. The number of carbonyl (C=O) groups is 3. The van der Waals surface area contributed by atoms with Crippen molar-refractivity contribution in [3.63, 3.8) is 0 Å². The van der Waals surface area contributed by atoms with Crippen LogP contribution in [0.1, 0.15) is 44.3 Å². The second-order valence-corrected chi connectivity index (χ2v) is 11.3. The Bertz CT molecular complexity index is 1810. The van der Waals surface area contributed by atoms with Crippen LogP contribution in [0.25, 0.3) is 5.57 Å². The molecule has 4 atom stereocenters. The summed E-state index contributed by atoms with van der Waals surface area (Å²) in [5.41, 5.74) is 4.87. The summed E-state index contributed by atoms with van der Waals surface area (Å²) in [5, 5.41) is 3.09. The number of ether oxygens (including phenoxy) is 1. The number of fused-ring (bicyclic) bond motifs is 6. The maximum atomic E-state index is 14.9. The molecule has 0 bridgehead atoms. The van der Waals surface area contributed by atoms with Crippen molar-refractivity contribution in [3.8, 4) is 5.75 Å². The van der Waals surface area contributed by atoms with Gasteiger partial charge in [0.1, 0.15) is 17.2 Å². The van der Waals surface area contributed by atoms with Gasteiger partial charge in [0, 0.05) is 28.1 Å². The van der Waals surface area contributed by atoms with Crippen LogP contribution in [0.5, 0.6) is 5.75 Å². The van der Waals surface area contributed by atoms with Crippen LogP contribution in [0.4, 0.5) is 11.4 Å². The molecule has 1 amide bonds. The third-order valence-electron chi connectivity index (χ3n) is 9.10. The van der Waals surface area contributed by atoms with E-state index in [9.17, 15) is 14.4 Å². The maximum absolute atomic E-state index is 14.9. The van der Waals surface area contributed by atoms with E-state index in [-0.39, 0.29) is 17.5 Å². The Morgan fingerprint density at radius 2 is 1.57 bits per heavy atom. The van der Waals surface area contributed by atoms with Crippen LogP contribution in [-0.2, 0) is 10.2 Å². The minimum absolute atomic E-state index is 0.199. The van der Waals surface area contributed by atoms with Crippen LogP contribution in [0, 0.1) is 12.8 Å². The molecule has 4 aromatic rings. The molecule has 6 nitrogen and oxygen atoms in total. The van der Waals surface area contributed by atoms with Gasteiger partial charge in [-0.1, -0.05) is 78.4 Å². The summed E-state index contributed by atoms with van der Waals surface area (Å²) >= 11 is 0. The Labute approximate surface area is 244 Å². The molecule has 0 aliphatic carbocycles. The van der Waals surface area contributed by atoms with E-state index in [1.54, 1.807) is 43.5 Å². The van der Waals surface area contributed by atoms with Gasteiger partial charge >= 0.3 is 0 Å². The number of benzene rings is 4. The van der Waals surface area contributed by atoms with E-state index < -0.39 is 23.4 Å². The molecule has 3 aliphatic rings. The lowest BCUT2D eigenvalue weighted by atomic mass is 9.64. The molecule has 1 N–H and O–H groups in total. The van der Waals surface area contributed by atoms with E-state index in [1.807, 2.05) is 73.3 Å². The van der Waals surface area contributed by atoms with Gasteiger partial charge in [0.25, 0.3) is 0 Å². The van der Waals surface area contributed by atoms with Crippen LogP contribution in [0.2, 0.25) is 0 Å². The summed E-state index contributed by atoms with van der Waals surface area (Å²) in [6.07, 6.45) is 2.08. The predicted molar refractivity (Wildman–Crippen MR) is 163 cm³/mol. The lowest BCUT2D eigenvalue weighted by Crippen LogP contribution is -2.51. The SMILES string of the molecule is COc1cccc(C(=O)C2C(C(=O)c3ccccc3)N3c4ccc(C)cc4C(C)=CC3C23C(=O)Nc2ccccc23)c1. The van der Waals surface area contributed by atoms with Gasteiger partial charge in [0.15, 0.2) is 11.6 Å². The fourth-order valence-corrected chi connectivity index (χ4v) is 7.28. The fraction of sp³-hybridized carbons (Fsp3) is 0.194. The number of hydrogen-bond acceptors (Lipinski definition) is 5. The normalized spacial score (nSPS) is 23.5. The van der Waals surface area contributed by atoms with Crippen LogP contribution in [0.15, 0.2) is 103 Å². The first-order valence-corrected chi connectivity index (χ1v) is 14.1. The molecule has 4 aromatic carbocycles. The number of Topliss-reactive ketones (excluding diaryl/α,β-unsaturated/α-hetero) is 2. The highest BCUT2D eigenvalue weighted by Crippen LogP contribution is 2.59. The van der Waals surface area contributed by atoms with Crippen LogP contribution < -0.4 is 15.0 Å². The molecule has 0 saturated carbocycles. The topological polar surface area (TPSA) is 75.7 Å². The minimum Gasteiger partial charge on any atom is -0.497 e. The summed E-state index contributed by atoms with van der Waals surface area (Å²) < 4.78 is 5.45. The second kappa shape index (κ2) is 9.55. The van der Waals surface area contributed by atoms with E-state index in [2.05, 4.69) is 17.5 Å². The monoisotopic (exact) mass is 554 g/mol. The number of nitrogens with one attached hydrogen (secondary N) is 1. The molecule has 1 fully saturated rings. The average molecular weight is 555 g/mol. The first-order valence-electron chi connectivity index (χ1n) is 14.1. The van der Waals surface area contributed by atoms with Gasteiger partial charge in [-0.15, -0.1) is 0 Å². The third-order valence-corrected chi connectivity index (χ3v) is 9.10. The first kappa shape index (κ1) is 26.0. The van der Waals surface area contributed by atoms with Gasteiger partial charge in [-0.25, -0.2) is 0 Å². The Balaban J connectivity index is 1.56. The molecule has 1 saturated heterocycles. The number of anilines is 2. The molecular weight excluding hydrogens is 524 g/mol. The van der Waals surface area contributed by atoms with Crippen molar-refractivity contribution in [2.75, 3.05) is 17.3 Å². The van der Waals surface area contributed by atoms with Crippen LogP contribution in [-0.4, -0.2) is 36.7 Å². The Hall–Kier alpha value is -4.97. The number of methoxy groups -OCH3 is 1. The number of aryl methyl sites for hydroxylation is 1. The lowest BCUT2D eigenvalue weighted by molar-refractivity contribution is -0.121. The summed E-state index contributed by atoms with van der Waals surface area (Å²) in [7, 11) is 1.55. The van der Waals surface area contributed by atoms with Crippen molar-refractivity contribution in [3.05, 3.63) is 131 Å². The van der Waals surface area contributed by atoms with Crippen molar-refractivity contribution in [1.29, 1.82) is 0 Å². The second-order valence-electron chi connectivity index (χ2n) is 11.3. The van der Waals surface area contributed by atoms with Crippen molar-refractivity contribution < 1.29 is 19.1 Å². The predicted octanol–water partition coefficient (Wildman–Crippen LogP) is 6.25. The number of amides is 1. The van der Waals surface area contributed by atoms with Crippen molar-refractivity contribution >= 4 is 34.4 Å². The number of para-hydroxylation sites is 1. The standard InChI is InChI=1S/C36H30N2O4/c1-21-16-17-29-26(18-21)22(2)19-30-36(27-14-7-8-15-28(27)37-35(36)41)31(33(39)24-12-9-13-25(20-24)42-3)32(38(29)30)34(40)23-10-5-4-6-11-23/h4-20,30-32H,1-3H3,(H,37,41). The third kappa shape index (κ3) is 3.54. The van der Waals surface area contributed by atoms with Gasteiger partial charge in [0.05, 0.1) is 19.1 Å². The van der Waals surface area contributed by atoms with Crippen molar-refractivity contribution in [2.45, 2.75) is 31.3 Å². The highest BCUT2D eigenvalue weighted by molar-refractivity contribution is 6.18. The first-order chi connectivity index (χ1) is 20.4. The van der Waals surface area contributed by atoms with E-state index in [4.69, 9.17) is 4.74 Å².